The number of alkyl halides is 3. The topological polar surface area (TPSA) is 87.7 Å². The molecule has 33 heavy (non-hydrogen) atoms. The van der Waals surface area contributed by atoms with Crippen molar-refractivity contribution in [2.24, 2.45) is 0 Å². The summed E-state index contributed by atoms with van der Waals surface area (Å²) in [6, 6.07) is 6.09. The number of carbonyl (C=O) groups excluding carboxylic acids is 2. The highest BCUT2D eigenvalue weighted by Crippen LogP contribution is 2.37. The summed E-state index contributed by atoms with van der Waals surface area (Å²) in [5.74, 6) is -6.37. The molecule has 6 nitrogen and oxygen atoms in total. The van der Waals surface area contributed by atoms with Gasteiger partial charge < -0.3 is 15.2 Å². The fraction of sp³-hybridized carbons (Fsp3) is 0.0476. The van der Waals surface area contributed by atoms with Crippen molar-refractivity contribution in [3.05, 3.63) is 83.2 Å². The molecule has 0 heterocycles. The molecule has 3 aromatic rings. The minimum Gasteiger partial charge on any atom is -0.504 e. The maximum absolute atomic E-state index is 14.3. The molecule has 3 rings (SSSR count). The Kier molecular flexibility index (Phi) is 6.47. The summed E-state index contributed by atoms with van der Waals surface area (Å²) in [7, 11) is 0. The number of rotatable bonds is 4. The molecule has 0 radical (unpaired) electrons. The van der Waals surface area contributed by atoms with Gasteiger partial charge in [0.1, 0.15) is 28.8 Å². The molecule has 0 unspecified atom stereocenters. The number of carbonyl (C=O) groups is 2. The second-order valence-electron chi connectivity index (χ2n) is 6.43. The molecule has 3 amide bonds. The zero-order valence-electron chi connectivity index (χ0n) is 16.1. The van der Waals surface area contributed by atoms with E-state index in [0.29, 0.717) is 12.1 Å². The van der Waals surface area contributed by atoms with Crippen LogP contribution < -0.4 is 15.4 Å². The molecular weight excluding hydrogens is 458 g/mol. The monoisotopic (exact) mass is 470 g/mol. The fourth-order valence-electron chi connectivity index (χ4n) is 2.60. The van der Waals surface area contributed by atoms with Crippen LogP contribution in [0.2, 0.25) is 0 Å². The Morgan fingerprint density at radius 1 is 0.879 bits per heavy atom. The standard InChI is InChI=1S/C21H12F6N2O4/c22-12-2-1-3-13(23)18(12)19(31)29-20(32)28-15-6-5-11(9-14(15)24)33-17-7-4-10(8-16(17)30)21(25,26)27/h1-9,30H,(H2,28,29,31,32). The van der Waals surface area contributed by atoms with Gasteiger partial charge in [-0.15, -0.1) is 0 Å². The molecule has 12 heteroatoms. The van der Waals surface area contributed by atoms with Crippen LogP contribution in [0.25, 0.3) is 0 Å². The Balaban J connectivity index is 1.68. The van der Waals surface area contributed by atoms with E-state index in [1.54, 1.807) is 5.32 Å². The molecule has 172 valence electrons. The predicted molar refractivity (Wildman–Crippen MR) is 102 cm³/mol. The van der Waals surface area contributed by atoms with Crippen molar-refractivity contribution in [3.63, 3.8) is 0 Å². The van der Waals surface area contributed by atoms with Crippen molar-refractivity contribution in [1.82, 2.24) is 5.32 Å². The van der Waals surface area contributed by atoms with Gasteiger partial charge in [-0.05, 0) is 42.5 Å². The summed E-state index contributed by atoms with van der Waals surface area (Å²) in [6.07, 6.45) is -4.69. The van der Waals surface area contributed by atoms with Crippen molar-refractivity contribution in [2.75, 3.05) is 5.32 Å². The van der Waals surface area contributed by atoms with Gasteiger partial charge in [0.15, 0.2) is 11.5 Å². The number of halogens is 6. The summed E-state index contributed by atoms with van der Waals surface area (Å²) < 4.78 is 84.5. The van der Waals surface area contributed by atoms with Crippen LogP contribution in [0, 0.1) is 17.5 Å². The van der Waals surface area contributed by atoms with Gasteiger partial charge in [0.2, 0.25) is 0 Å². The van der Waals surface area contributed by atoms with Crippen molar-refractivity contribution in [1.29, 1.82) is 0 Å². The zero-order chi connectivity index (χ0) is 24.3. The average Bonchev–Trinajstić information content (AvgIpc) is 2.70. The van der Waals surface area contributed by atoms with Crippen LogP contribution in [0.1, 0.15) is 15.9 Å². The number of phenolic OH excluding ortho intramolecular Hbond substituents is 1. The lowest BCUT2D eigenvalue weighted by Crippen LogP contribution is -2.35. The first kappa shape index (κ1) is 23.4. The van der Waals surface area contributed by atoms with Gasteiger partial charge in [0.05, 0.1) is 11.3 Å². The smallest absolute Gasteiger partial charge is 0.416 e. The summed E-state index contributed by atoms with van der Waals surface area (Å²) in [6.45, 7) is 0. The van der Waals surface area contributed by atoms with Gasteiger partial charge >= 0.3 is 12.2 Å². The van der Waals surface area contributed by atoms with Gasteiger partial charge in [0, 0.05) is 6.07 Å². The van der Waals surface area contributed by atoms with Crippen LogP contribution in [0.5, 0.6) is 17.2 Å². The molecule has 0 spiro atoms. The predicted octanol–water partition coefficient (Wildman–Crippen LogP) is 5.58. The third-order valence-corrected chi connectivity index (χ3v) is 4.12. The Hall–Kier alpha value is -4.22. The van der Waals surface area contributed by atoms with Crippen LogP contribution in [-0.4, -0.2) is 17.0 Å². The van der Waals surface area contributed by atoms with E-state index in [1.807, 2.05) is 5.32 Å². The van der Waals surface area contributed by atoms with Crippen LogP contribution in [0.3, 0.4) is 0 Å². The first-order valence-electron chi connectivity index (χ1n) is 8.89. The molecule has 3 aromatic carbocycles. The largest absolute Gasteiger partial charge is 0.504 e. The maximum atomic E-state index is 14.3. The SMILES string of the molecule is O=C(NC(=O)c1c(F)cccc1F)Nc1ccc(Oc2ccc(C(F)(F)F)cc2O)cc1F. The summed E-state index contributed by atoms with van der Waals surface area (Å²) >= 11 is 0. The van der Waals surface area contributed by atoms with E-state index in [2.05, 4.69) is 0 Å². The molecule has 3 N–H and O–H groups in total. The van der Waals surface area contributed by atoms with Crippen LogP contribution >= 0.6 is 0 Å². The van der Waals surface area contributed by atoms with E-state index in [-0.39, 0.29) is 5.75 Å². The highest BCUT2D eigenvalue weighted by atomic mass is 19.4. The highest BCUT2D eigenvalue weighted by Gasteiger charge is 2.31. The normalized spacial score (nSPS) is 11.1. The summed E-state index contributed by atoms with van der Waals surface area (Å²) in [4.78, 5) is 23.8. The zero-order valence-corrected chi connectivity index (χ0v) is 16.1. The quantitative estimate of drug-likeness (QED) is 0.435. The third-order valence-electron chi connectivity index (χ3n) is 4.12. The highest BCUT2D eigenvalue weighted by molar-refractivity contribution is 6.08. The van der Waals surface area contributed by atoms with E-state index in [4.69, 9.17) is 4.74 Å². The summed E-state index contributed by atoms with van der Waals surface area (Å²) in [5.41, 5.74) is -2.58. The lowest BCUT2D eigenvalue weighted by atomic mass is 10.2. The number of imide groups is 1. The van der Waals surface area contributed by atoms with E-state index < -0.39 is 63.9 Å². The number of ether oxygens (including phenoxy) is 1. The molecule has 0 aliphatic heterocycles. The molecule has 0 saturated carbocycles. The van der Waals surface area contributed by atoms with Crippen molar-refractivity contribution in [2.45, 2.75) is 6.18 Å². The Labute approximate surface area is 181 Å². The minimum atomic E-state index is -4.69. The van der Waals surface area contributed by atoms with Gasteiger partial charge in [-0.3, -0.25) is 10.1 Å². The number of urea groups is 1. The number of hydrogen-bond acceptors (Lipinski definition) is 4. The number of amides is 3. The number of aromatic hydroxyl groups is 1. The second kappa shape index (κ2) is 9.10. The maximum Gasteiger partial charge on any atom is 0.416 e. The van der Waals surface area contributed by atoms with Crippen LogP contribution in [0.15, 0.2) is 54.6 Å². The van der Waals surface area contributed by atoms with Crippen molar-refractivity contribution < 1.29 is 45.8 Å². The van der Waals surface area contributed by atoms with E-state index >= 15 is 0 Å². The Bertz CT molecular complexity index is 1210. The first-order valence-corrected chi connectivity index (χ1v) is 8.89. The second-order valence-corrected chi connectivity index (χ2v) is 6.43. The van der Waals surface area contributed by atoms with Gasteiger partial charge in [-0.2, -0.15) is 13.2 Å². The molecular formula is C21H12F6N2O4. The summed E-state index contributed by atoms with van der Waals surface area (Å²) in [5, 5.41) is 13.3. The minimum absolute atomic E-state index is 0.238. The molecule has 0 fully saturated rings. The van der Waals surface area contributed by atoms with E-state index in [1.165, 1.54) is 0 Å². The number of hydrogen-bond donors (Lipinski definition) is 3. The van der Waals surface area contributed by atoms with E-state index in [0.717, 1.165) is 42.5 Å². The van der Waals surface area contributed by atoms with Gasteiger partial charge in [-0.25, -0.2) is 18.0 Å². The third kappa shape index (κ3) is 5.53. The molecule has 0 saturated heterocycles. The lowest BCUT2D eigenvalue weighted by Gasteiger charge is -2.12. The average molecular weight is 470 g/mol. The molecule has 0 aliphatic carbocycles. The van der Waals surface area contributed by atoms with Crippen molar-refractivity contribution >= 4 is 17.6 Å². The fourth-order valence-corrected chi connectivity index (χ4v) is 2.60. The number of benzene rings is 3. The lowest BCUT2D eigenvalue weighted by molar-refractivity contribution is -0.137. The van der Waals surface area contributed by atoms with Crippen molar-refractivity contribution in [3.8, 4) is 17.2 Å². The number of anilines is 1. The molecule has 0 aliphatic rings. The van der Waals surface area contributed by atoms with Crippen LogP contribution in [-0.2, 0) is 6.18 Å². The first-order chi connectivity index (χ1) is 15.5. The van der Waals surface area contributed by atoms with Gasteiger partial charge in [0.25, 0.3) is 5.91 Å². The molecule has 0 atom stereocenters. The molecule has 0 bridgehead atoms. The van der Waals surface area contributed by atoms with Crippen LogP contribution in [0.4, 0.5) is 36.8 Å². The molecule has 0 aromatic heterocycles. The Morgan fingerprint density at radius 3 is 2.12 bits per heavy atom. The Morgan fingerprint density at radius 2 is 1.55 bits per heavy atom. The number of phenols is 1. The number of nitrogens with one attached hydrogen (secondary N) is 2. The van der Waals surface area contributed by atoms with Gasteiger partial charge in [-0.1, -0.05) is 6.07 Å². The van der Waals surface area contributed by atoms with E-state index in [9.17, 15) is 41.0 Å².